The van der Waals surface area contributed by atoms with Gasteiger partial charge in [0.15, 0.2) is 6.10 Å². The van der Waals surface area contributed by atoms with E-state index in [-0.39, 0.29) is 5.92 Å². The molecule has 3 nitrogen and oxygen atoms in total. The largest absolute Gasteiger partial charge is 0.477 e. The highest BCUT2D eigenvalue weighted by atomic mass is 79.9. The zero-order chi connectivity index (χ0) is 27.8. The van der Waals surface area contributed by atoms with Crippen LogP contribution in [0.3, 0.4) is 0 Å². The number of hydrogen-bond acceptors (Lipinski definition) is 4. The van der Waals surface area contributed by atoms with E-state index >= 15 is 0 Å². The summed E-state index contributed by atoms with van der Waals surface area (Å²) in [5, 5.41) is 3.66. The fourth-order valence-electron chi connectivity index (χ4n) is 5.12. The van der Waals surface area contributed by atoms with E-state index in [1.165, 1.54) is 44.0 Å². The summed E-state index contributed by atoms with van der Waals surface area (Å²) in [6.07, 6.45) is -0.344. The number of carbonyl (C=O) groups excluding carboxylic acids is 1. The number of methoxy groups -OCH3 is 1. The lowest BCUT2D eigenvalue weighted by atomic mass is 9.90. The molecule has 1 heterocycles. The summed E-state index contributed by atoms with van der Waals surface area (Å²) in [5.74, 6) is 0.444. The quantitative estimate of drug-likeness (QED) is 0.162. The van der Waals surface area contributed by atoms with E-state index < -0.39 is 12.1 Å². The number of thiophene rings is 1. The summed E-state index contributed by atoms with van der Waals surface area (Å²) in [5.41, 5.74) is 5.68. The third-order valence-electron chi connectivity index (χ3n) is 7.24. The van der Waals surface area contributed by atoms with Crippen molar-refractivity contribution in [3.63, 3.8) is 0 Å². The van der Waals surface area contributed by atoms with Crippen LogP contribution in [0.2, 0.25) is 0 Å². The van der Waals surface area contributed by atoms with E-state index in [1.807, 2.05) is 41.7 Å². The van der Waals surface area contributed by atoms with Crippen molar-refractivity contribution in [2.75, 3.05) is 7.11 Å². The van der Waals surface area contributed by atoms with Crippen LogP contribution in [0, 0.1) is 13.8 Å². The molecular formula is C33H30Br2O3S. The van der Waals surface area contributed by atoms with Gasteiger partial charge in [0.1, 0.15) is 5.75 Å². The number of fused-ring (bicyclic) bond motifs is 2. The maximum atomic E-state index is 12.8. The first-order chi connectivity index (χ1) is 18.7. The van der Waals surface area contributed by atoms with Crippen LogP contribution < -0.4 is 4.74 Å². The van der Waals surface area contributed by atoms with Crippen molar-refractivity contribution in [1.29, 1.82) is 0 Å². The fourth-order valence-corrected chi connectivity index (χ4v) is 7.59. The Labute approximate surface area is 250 Å². The van der Waals surface area contributed by atoms with Crippen molar-refractivity contribution in [2.45, 2.75) is 46.1 Å². The van der Waals surface area contributed by atoms with Crippen LogP contribution in [-0.4, -0.2) is 19.2 Å². The van der Waals surface area contributed by atoms with Gasteiger partial charge in [-0.2, -0.15) is 0 Å². The summed E-state index contributed by atoms with van der Waals surface area (Å²) in [4.78, 5) is 14.1. The van der Waals surface area contributed by atoms with Gasteiger partial charge in [0.25, 0.3) is 0 Å². The van der Waals surface area contributed by atoms with Gasteiger partial charge in [-0.05, 0) is 102 Å². The lowest BCUT2D eigenvalue weighted by Crippen LogP contribution is -2.31. The number of esters is 1. The van der Waals surface area contributed by atoms with E-state index in [2.05, 4.69) is 96.0 Å². The van der Waals surface area contributed by atoms with E-state index in [9.17, 15) is 4.79 Å². The monoisotopic (exact) mass is 664 g/mol. The van der Waals surface area contributed by atoms with E-state index in [0.29, 0.717) is 12.2 Å². The average molecular weight is 666 g/mol. The van der Waals surface area contributed by atoms with Gasteiger partial charge in [0.2, 0.25) is 0 Å². The topological polar surface area (TPSA) is 35.5 Å². The molecule has 0 aliphatic heterocycles. The first-order valence-corrected chi connectivity index (χ1v) is 15.3. The molecule has 0 spiro atoms. The summed E-state index contributed by atoms with van der Waals surface area (Å²) in [7, 11) is 1.40. The van der Waals surface area contributed by atoms with Crippen molar-refractivity contribution in [3.8, 4) is 16.9 Å². The van der Waals surface area contributed by atoms with Crippen molar-refractivity contribution >= 4 is 70.0 Å². The van der Waals surface area contributed by atoms with Gasteiger partial charge >= 0.3 is 5.97 Å². The van der Waals surface area contributed by atoms with Crippen LogP contribution >= 0.6 is 43.2 Å². The smallest absolute Gasteiger partial charge is 0.347 e. The summed E-state index contributed by atoms with van der Waals surface area (Å²) in [6.45, 7) is 8.70. The molecule has 6 heteroatoms. The number of benzene rings is 4. The Hall–Kier alpha value is -2.67. The Morgan fingerprint density at radius 2 is 1.62 bits per heavy atom. The predicted octanol–water partition coefficient (Wildman–Crippen LogP) is 10.1. The predicted molar refractivity (Wildman–Crippen MR) is 170 cm³/mol. The number of rotatable bonds is 7. The van der Waals surface area contributed by atoms with Crippen LogP contribution in [0.1, 0.15) is 41.3 Å². The molecule has 0 radical (unpaired) electrons. The number of halogens is 2. The summed E-state index contributed by atoms with van der Waals surface area (Å²) in [6, 6.07) is 22.8. The van der Waals surface area contributed by atoms with Crippen molar-refractivity contribution in [2.24, 2.45) is 0 Å². The second-order valence-electron chi connectivity index (χ2n) is 10.1. The summed E-state index contributed by atoms with van der Waals surface area (Å²) >= 11 is 9.57. The maximum absolute atomic E-state index is 12.8. The maximum Gasteiger partial charge on any atom is 0.347 e. The number of aryl methyl sites for hydroxylation is 2. The molecule has 5 rings (SSSR count). The normalized spacial score (nSPS) is 12.3. The first-order valence-electron chi connectivity index (χ1n) is 12.9. The van der Waals surface area contributed by atoms with Gasteiger partial charge < -0.3 is 9.47 Å². The molecule has 0 aliphatic rings. The minimum absolute atomic E-state index is 0.161. The Balaban J connectivity index is 1.70. The average Bonchev–Trinajstić information content (AvgIpc) is 3.23. The number of ether oxygens (including phenoxy) is 2. The molecule has 0 N–H and O–H groups in total. The van der Waals surface area contributed by atoms with Crippen molar-refractivity contribution < 1.29 is 14.3 Å². The molecule has 1 aromatic heterocycles. The molecular weight excluding hydrogens is 636 g/mol. The molecule has 0 aliphatic carbocycles. The molecule has 0 amide bonds. The molecule has 200 valence electrons. The Morgan fingerprint density at radius 3 is 2.28 bits per heavy atom. The lowest BCUT2D eigenvalue weighted by Gasteiger charge is -2.23. The van der Waals surface area contributed by atoms with Crippen LogP contribution in [0.15, 0.2) is 75.7 Å². The van der Waals surface area contributed by atoms with E-state index in [0.717, 1.165) is 25.6 Å². The van der Waals surface area contributed by atoms with Crippen molar-refractivity contribution in [3.05, 3.63) is 97.2 Å². The van der Waals surface area contributed by atoms with Gasteiger partial charge in [-0.3, -0.25) is 0 Å². The standard InChI is InChI=1S/C33H30Br2O3S/c1-18(2)25-16-22(17-26(34)31(25)38-27(33(36)37-5)15-21-11-7-6-8-12-21)29-23-13-9-10-14-24(23)30(35)32-28(29)19(3)20(4)39-32/h6-14,16-18,27H,15H2,1-5H3. The Kier molecular flexibility index (Phi) is 8.18. The number of hydrogen-bond donors (Lipinski definition) is 0. The molecule has 1 unspecified atom stereocenters. The zero-order valence-electron chi connectivity index (χ0n) is 22.6. The van der Waals surface area contributed by atoms with Crippen LogP contribution in [-0.2, 0) is 16.0 Å². The van der Waals surface area contributed by atoms with Crippen molar-refractivity contribution in [1.82, 2.24) is 0 Å². The van der Waals surface area contributed by atoms with E-state index in [1.54, 1.807) is 0 Å². The second kappa shape index (κ2) is 11.4. The van der Waals surface area contributed by atoms with Gasteiger partial charge in [-0.15, -0.1) is 11.3 Å². The van der Waals surface area contributed by atoms with E-state index in [4.69, 9.17) is 9.47 Å². The molecule has 5 aromatic rings. The molecule has 4 aromatic carbocycles. The third-order valence-corrected chi connectivity index (χ3v) is 10.1. The van der Waals surface area contributed by atoms with Gasteiger partial charge in [0, 0.05) is 21.2 Å². The second-order valence-corrected chi connectivity index (χ2v) is 12.9. The fraction of sp³-hybridized carbons (Fsp3) is 0.242. The highest BCUT2D eigenvalue weighted by Crippen LogP contribution is 2.49. The Morgan fingerprint density at radius 1 is 0.949 bits per heavy atom. The highest BCUT2D eigenvalue weighted by molar-refractivity contribution is 9.11. The SMILES string of the molecule is COC(=O)C(Cc1ccccc1)Oc1c(Br)cc(-c2c3ccccc3c(Br)c3sc(C)c(C)c23)cc1C(C)C. The summed E-state index contributed by atoms with van der Waals surface area (Å²) < 4.78 is 14.8. The van der Waals surface area contributed by atoms with Crippen LogP contribution in [0.25, 0.3) is 32.0 Å². The van der Waals surface area contributed by atoms with Crippen LogP contribution in [0.4, 0.5) is 0 Å². The molecule has 0 saturated heterocycles. The highest BCUT2D eigenvalue weighted by Gasteiger charge is 2.27. The molecule has 0 fully saturated rings. The Bertz CT molecular complexity index is 1690. The molecule has 39 heavy (non-hydrogen) atoms. The minimum Gasteiger partial charge on any atom is -0.477 e. The van der Waals surface area contributed by atoms with Gasteiger partial charge in [-0.25, -0.2) is 4.79 Å². The lowest BCUT2D eigenvalue weighted by molar-refractivity contribution is -0.148. The molecule has 0 saturated carbocycles. The first kappa shape index (κ1) is 27.9. The van der Waals surface area contributed by atoms with Crippen LogP contribution in [0.5, 0.6) is 5.75 Å². The van der Waals surface area contributed by atoms with Gasteiger partial charge in [-0.1, -0.05) is 68.4 Å². The molecule has 0 bridgehead atoms. The van der Waals surface area contributed by atoms with Gasteiger partial charge in [0.05, 0.1) is 16.3 Å². The minimum atomic E-state index is -0.765. The molecule has 1 atom stereocenters. The zero-order valence-corrected chi connectivity index (χ0v) is 26.6. The third kappa shape index (κ3) is 5.27. The number of carbonyl (C=O) groups is 1.